The van der Waals surface area contributed by atoms with Crippen LogP contribution in [0.25, 0.3) is 0 Å². The molecule has 1 atom stereocenters. The third-order valence-corrected chi connectivity index (χ3v) is 13.6. The van der Waals surface area contributed by atoms with E-state index >= 15 is 0 Å². The number of carbonyl (C=O) groups excluding carboxylic acids is 2. The molecule has 0 rings (SSSR count). The van der Waals surface area contributed by atoms with Crippen molar-refractivity contribution in [3.63, 3.8) is 0 Å². The molecular weight excluding hydrogens is 820 g/mol. The Bertz CT molecular complexity index is 1000. The van der Waals surface area contributed by atoms with Crippen molar-refractivity contribution in [1.29, 1.82) is 0 Å². The Kier molecular flexibility index (Phi) is 50.7. The smallest absolute Gasteiger partial charge is 0.462 e. The van der Waals surface area contributed by atoms with Gasteiger partial charge < -0.3 is 19.3 Å². The molecule has 0 radical (unpaired) electrons. The van der Waals surface area contributed by atoms with Crippen LogP contribution in [0.4, 0.5) is 0 Å². The van der Waals surface area contributed by atoms with E-state index in [9.17, 15) is 14.2 Å². The van der Waals surface area contributed by atoms with Crippen molar-refractivity contribution < 1.29 is 37.9 Å². The lowest BCUT2D eigenvalue weighted by Gasteiger charge is -2.18. The summed E-state index contributed by atoms with van der Waals surface area (Å²) in [7, 11) is -4.76. The average molecular weight is 929 g/mol. The van der Waals surface area contributed by atoms with Crippen LogP contribution in [0.15, 0.2) is 0 Å². The second kappa shape index (κ2) is 51.4. The summed E-state index contributed by atoms with van der Waals surface area (Å²) in [6.45, 7) is 3.77. The summed E-state index contributed by atoms with van der Waals surface area (Å²) in [5, 5.41) is 0. The van der Waals surface area contributed by atoms with Gasteiger partial charge in [-0.15, -0.1) is 0 Å². The summed E-state index contributed by atoms with van der Waals surface area (Å²) in [4.78, 5) is 43.2. The molecule has 2 N–H and O–H groups in total. The molecule has 382 valence electrons. The third kappa shape index (κ3) is 53.7. The van der Waals surface area contributed by atoms with Crippen molar-refractivity contribution in [1.82, 2.24) is 0 Å². The van der Waals surface area contributed by atoms with Gasteiger partial charge in [0.05, 0.1) is 6.61 Å². The van der Waals surface area contributed by atoms with E-state index in [1.54, 1.807) is 0 Å². The molecule has 9 heteroatoms. The van der Waals surface area contributed by atoms with Gasteiger partial charge >= 0.3 is 19.8 Å². The van der Waals surface area contributed by atoms with E-state index in [1.165, 1.54) is 257 Å². The van der Waals surface area contributed by atoms with Gasteiger partial charge in [-0.25, -0.2) is 4.57 Å². The Balaban J connectivity index is 3.70. The molecule has 8 nitrogen and oxygen atoms in total. The van der Waals surface area contributed by atoms with Gasteiger partial charge in [0.2, 0.25) is 0 Å². The van der Waals surface area contributed by atoms with Gasteiger partial charge in [0, 0.05) is 12.8 Å². The molecule has 0 spiro atoms. The van der Waals surface area contributed by atoms with Crippen molar-refractivity contribution >= 4 is 19.8 Å². The van der Waals surface area contributed by atoms with Crippen molar-refractivity contribution in [2.24, 2.45) is 0 Å². The summed E-state index contributed by atoms with van der Waals surface area (Å²) in [6.07, 6.45) is 60.0. The van der Waals surface area contributed by atoms with Gasteiger partial charge in [-0.05, 0) is 12.8 Å². The second-order valence-corrected chi connectivity index (χ2v) is 20.9. The molecule has 0 amide bonds. The minimum absolute atomic E-state index is 0.221. The molecule has 0 unspecified atom stereocenters. The minimum atomic E-state index is -4.76. The van der Waals surface area contributed by atoms with E-state index in [2.05, 4.69) is 18.4 Å². The molecule has 0 bridgehead atoms. The first-order valence-electron chi connectivity index (χ1n) is 28.3. The molecule has 0 saturated carbocycles. The molecule has 0 heterocycles. The summed E-state index contributed by atoms with van der Waals surface area (Å²) < 4.78 is 26.6. The highest BCUT2D eigenvalue weighted by atomic mass is 31.2. The molecular formula is C55H109O8P. The Morgan fingerprint density at radius 2 is 0.562 bits per heavy atom. The zero-order valence-corrected chi connectivity index (χ0v) is 43.6. The van der Waals surface area contributed by atoms with Gasteiger partial charge in [-0.2, -0.15) is 0 Å². The molecule has 0 aromatic rings. The molecule has 0 aliphatic carbocycles. The van der Waals surface area contributed by atoms with Gasteiger partial charge in [-0.3, -0.25) is 14.1 Å². The van der Waals surface area contributed by atoms with Crippen LogP contribution in [0.1, 0.15) is 322 Å². The number of unbranched alkanes of at least 4 members (excludes halogenated alkanes) is 44. The summed E-state index contributed by atoms with van der Waals surface area (Å²) in [5.41, 5.74) is 0. The van der Waals surface area contributed by atoms with Crippen molar-refractivity contribution in [2.75, 3.05) is 13.2 Å². The summed E-state index contributed by atoms with van der Waals surface area (Å²) in [6, 6.07) is 0. The lowest BCUT2D eigenvalue weighted by atomic mass is 10.0. The fourth-order valence-corrected chi connectivity index (χ4v) is 9.27. The largest absolute Gasteiger partial charge is 0.469 e. The number of esters is 2. The predicted octanol–water partition coefficient (Wildman–Crippen LogP) is 18.3. The molecule has 0 aliphatic rings. The first kappa shape index (κ1) is 63.0. The highest BCUT2D eigenvalue weighted by Crippen LogP contribution is 2.36. The maximum atomic E-state index is 12.5. The normalized spacial score (nSPS) is 12.2. The number of phosphoric ester groups is 1. The van der Waals surface area contributed by atoms with E-state index in [4.69, 9.17) is 19.3 Å². The maximum absolute atomic E-state index is 12.5. The van der Waals surface area contributed by atoms with E-state index in [1.807, 2.05) is 0 Å². The first-order valence-corrected chi connectivity index (χ1v) is 29.9. The predicted molar refractivity (Wildman–Crippen MR) is 272 cm³/mol. The van der Waals surface area contributed by atoms with Crippen molar-refractivity contribution in [3.05, 3.63) is 0 Å². The van der Waals surface area contributed by atoms with Crippen LogP contribution >= 0.6 is 7.82 Å². The number of carbonyl (C=O) groups is 2. The van der Waals surface area contributed by atoms with Crippen LogP contribution in [0.2, 0.25) is 0 Å². The third-order valence-electron chi connectivity index (χ3n) is 13.1. The minimum Gasteiger partial charge on any atom is -0.462 e. The van der Waals surface area contributed by atoms with Crippen molar-refractivity contribution in [2.45, 2.75) is 328 Å². The summed E-state index contributed by atoms with van der Waals surface area (Å²) >= 11 is 0. The molecule has 0 aliphatic heterocycles. The Morgan fingerprint density at radius 1 is 0.344 bits per heavy atom. The van der Waals surface area contributed by atoms with Crippen LogP contribution in [0.5, 0.6) is 0 Å². The van der Waals surface area contributed by atoms with Crippen molar-refractivity contribution in [3.8, 4) is 0 Å². The van der Waals surface area contributed by atoms with Crippen LogP contribution < -0.4 is 0 Å². The van der Waals surface area contributed by atoms with E-state index in [0.717, 1.165) is 32.1 Å². The number of hydrogen-bond acceptors (Lipinski definition) is 6. The first-order chi connectivity index (χ1) is 31.3. The van der Waals surface area contributed by atoms with Gasteiger partial charge in [0.1, 0.15) is 6.61 Å². The Labute approximate surface area is 397 Å². The highest BCUT2D eigenvalue weighted by molar-refractivity contribution is 7.46. The number of ether oxygens (including phenoxy) is 2. The molecule has 0 fully saturated rings. The average Bonchev–Trinajstić information content (AvgIpc) is 3.27. The van der Waals surface area contributed by atoms with Crippen LogP contribution in [-0.2, 0) is 28.2 Å². The van der Waals surface area contributed by atoms with Gasteiger partial charge in [0.25, 0.3) is 0 Å². The van der Waals surface area contributed by atoms with Gasteiger partial charge in [0.15, 0.2) is 6.10 Å². The lowest BCUT2D eigenvalue weighted by Crippen LogP contribution is -2.29. The standard InChI is InChI=1S/C55H109O8P/c1-3-5-7-9-11-13-15-17-19-21-23-25-27-29-31-33-35-37-39-41-43-45-47-49-54(56)61-51-53(52-62-64(58,59)60)63-55(57)50-48-46-44-42-40-38-36-34-32-30-28-26-24-22-20-18-16-14-12-10-8-6-4-2/h53H,3-52H2,1-2H3,(H2,58,59,60)/t53-/m1/s1. The molecule has 0 aromatic heterocycles. The number of rotatable bonds is 54. The van der Waals surface area contributed by atoms with Crippen LogP contribution in [-0.4, -0.2) is 41.0 Å². The highest BCUT2D eigenvalue weighted by Gasteiger charge is 2.23. The number of hydrogen-bond donors (Lipinski definition) is 2. The second-order valence-electron chi connectivity index (χ2n) is 19.6. The Morgan fingerprint density at radius 3 is 0.797 bits per heavy atom. The SMILES string of the molecule is CCCCCCCCCCCCCCCCCCCCCCCCCC(=O)OC[C@H](COP(=O)(O)O)OC(=O)CCCCCCCCCCCCCCCCCCCCCCCCC. The quantitative estimate of drug-likeness (QED) is 0.0352. The molecule has 64 heavy (non-hydrogen) atoms. The zero-order valence-electron chi connectivity index (χ0n) is 42.7. The van der Waals surface area contributed by atoms with E-state index in [-0.39, 0.29) is 19.4 Å². The molecule has 0 saturated heterocycles. The Hall–Kier alpha value is -0.950. The topological polar surface area (TPSA) is 119 Å². The van der Waals surface area contributed by atoms with Gasteiger partial charge in [-0.1, -0.05) is 296 Å². The van der Waals surface area contributed by atoms with Crippen LogP contribution in [0.3, 0.4) is 0 Å². The summed E-state index contributed by atoms with van der Waals surface area (Å²) in [5.74, 6) is -0.857. The van der Waals surface area contributed by atoms with E-state index < -0.39 is 32.5 Å². The fraction of sp³-hybridized carbons (Fsp3) is 0.964. The molecule has 0 aromatic carbocycles. The van der Waals surface area contributed by atoms with E-state index in [0.29, 0.717) is 6.42 Å². The van der Waals surface area contributed by atoms with Crippen LogP contribution in [0, 0.1) is 0 Å². The number of phosphoric acid groups is 1. The maximum Gasteiger partial charge on any atom is 0.469 e. The monoisotopic (exact) mass is 929 g/mol. The zero-order chi connectivity index (χ0) is 46.7. The lowest BCUT2D eigenvalue weighted by molar-refractivity contribution is -0.161. The fourth-order valence-electron chi connectivity index (χ4n) is 8.91.